The molecule has 1 N–H and O–H groups in total. The summed E-state index contributed by atoms with van der Waals surface area (Å²) < 4.78 is 37.6. The largest absolute Gasteiger partial charge is 0.471 e. The Morgan fingerprint density at radius 2 is 1.94 bits per heavy atom. The fourth-order valence-corrected chi connectivity index (χ4v) is 9.18. The fourth-order valence-electron chi connectivity index (χ4n) is 7.93. The van der Waals surface area contributed by atoms with Gasteiger partial charge in [-0.3, -0.25) is 9.59 Å². The molecule has 0 aromatic heterocycles. The molecule has 0 heterocycles. The predicted molar refractivity (Wildman–Crippen MR) is 126 cm³/mol. The van der Waals surface area contributed by atoms with E-state index in [0.717, 1.165) is 55.6 Å². The van der Waals surface area contributed by atoms with Crippen LogP contribution in [0.4, 0.5) is 13.2 Å². The number of carbonyl (C=O) groups excluding carboxylic acids is 2. The summed E-state index contributed by atoms with van der Waals surface area (Å²) >= 11 is 1.77. The minimum Gasteiger partial charge on any atom is -0.411 e. The van der Waals surface area contributed by atoms with Crippen molar-refractivity contribution in [3.8, 4) is 0 Å². The van der Waals surface area contributed by atoms with Gasteiger partial charge < -0.3 is 10.1 Å². The number of ketones is 1. The van der Waals surface area contributed by atoms with Gasteiger partial charge in [0.2, 0.25) is 0 Å². The Morgan fingerprint density at radius 3 is 2.62 bits per heavy atom. The molecule has 0 aromatic carbocycles. The lowest BCUT2D eigenvalue weighted by Crippen LogP contribution is -2.56. The second-order valence-corrected chi connectivity index (χ2v) is 12.9. The van der Waals surface area contributed by atoms with E-state index in [1.54, 1.807) is 11.8 Å². The summed E-state index contributed by atoms with van der Waals surface area (Å²) in [7, 11) is 1.20. The number of fused-ring (bicyclic) bond motifs is 5. The van der Waals surface area contributed by atoms with Gasteiger partial charge in [0, 0.05) is 36.6 Å². The van der Waals surface area contributed by atoms with E-state index in [4.69, 9.17) is 0 Å². The molecule has 7 atom stereocenters. The number of nitrogens with zero attached hydrogens (tertiary/aromatic N) is 2. The van der Waals surface area contributed by atoms with Crippen molar-refractivity contribution in [2.45, 2.75) is 83.1 Å². The Hall–Kier alpha value is -1.25. The van der Waals surface area contributed by atoms with E-state index in [9.17, 15) is 28.0 Å². The number of thioether (sulfide) groups is 1. The molecule has 4 rings (SSSR count). The first-order valence-corrected chi connectivity index (χ1v) is 13.6. The molecule has 4 aliphatic rings. The lowest BCUT2D eigenvalue weighted by atomic mass is 9.45. The first kappa shape index (κ1) is 25.8. The van der Waals surface area contributed by atoms with Crippen molar-refractivity contribution < 1.29 is 28.0 Å². The number of amides is 1. The van der Waals surface area contributed by atoms with Gasteiger partial charge in [-0.05, 0) is 80.3 Å². The molecule has 4 saturated carbocycles. The van der Waals surface area contributed by atoms with Crippen LogP contribution in [0, 0.1) is 34.5 Å². The predicted octanol–water partition coefficient (Wildman–Crippen LogP) is 5.55. The number of halogens is 3. The Bertz CT molecular complexity index is 850. The van der Waals surface area contributed by atoms with Gasteiger partial charge in [0.15, 0.2) is 0 Å². The van der Waals surface area contributed by atoms with E-state index in [1.165, 1.54) is 7.05 Å². The van der Waals surface area contributed by atoms with Gasteiger partial charge in [-0.1, -0.05) is 19.0 Å². The molecule has 9 heteroatoms. The van der Waals surface area contributed by atoms with E-state index in [1.807, 2.05) is 0 Å². The summed E-state index contributed by atoms with van der Waals surface area (Å²) in [4.78, 5) is 24.7. The van der Waals surface area contributed by atoms with E-state index >= 15 is 0 Å². The highest BCUT2D eigenvalue weighted by Gasteiger charge is 2.61. The number of alkyl halides is 3. The molecule has 4 aliphatic carbocycles. The topological polar surface area (TPSA) is 70.0 Å². The molecule has 5 nitrogen and oxygen atoms in total. The first-order valence-electron chi connectivity index (χ1n) is 12.6. The minimum absolute atomic E-state index is 0.0633. The third kappa shape index (κ3) is 4.39. The maximum absolute atomic E-state index is 12.7. The monoisotopic (exact) mass is 502 g/mol. The van der Waals surface area contributed by atoms with Crippen LogP contribution in [-0.2, 0) is 9.59 Å². The smallest absolute Gasteiger partial charge is 0.411 e. The number of hydrogen-bond acceptors (Lipinski definition) is 5. The molecule has 0 bridgehead atoms. The Kier molecular flexibility index (Phi) is 7.08. The maximum Gasteiger partial charge on any atom is 0.471 e. The van der Waals surface area contributed by atoms with Crippen LogP contribution < -0.4 is 0 Å². The first-order chi connectivity index (χ1) is 15.9. The number of hydrogen-bond donors (Lipinski definition) is 1. The van der Waals surface area contributed by atoms with Crippen LogP contribution >= 0.6 is 11.8 Å². The fraction of sp³-hybridized carbons (Fsp3) is 0.880. The molecule has 1 unspecified atom stereocenters. The highest BCUT2D eigenvalue weighted by molar-refractivity contribution is 7.99. The van der Waals surface area contributed by atoms with Gasteiger partial charge in [-0.15, -0.1) is 0 Å². The Balaban J connectivity index is 1.37. The second-order valence-electron chi connectivity index (χ2n) is 11.5. The average molecular weight is 503 g/mol. The van der Waals surface area contributed by atoms with Crippen LogP contribution in [-0.4, -0.2) is 58.3 Å². The standard InChI is InChI=1S/C25H37F3N2O3S/c1-23-9-7-15(34-12-4-11-30(3)22(32)25(26,27)28)13-19(23)20(29-33)14-16-17-5-6-21(31)24(17,2)10-8-18(16)23/h15-19,33H,4-14H2,1-3H3/b29-20+/t15-,16+,17+,18+,19?,23-,24+/m1/s1. The normalized spacial score (nSPS) is 41.1. The molecule has 0 radical (unpaired) electrons. The molecule has 0 aromatic rings. The molecule has 0 saturated heterocycles. The molecular formula is C25H37F3N2O3S. The molecule has 192 valence electrons. The lowest BCUT2D eigenvalue weighted by Gasteiger charge is -2.60. The summed E-state index contributed by atoms with van der Waals surface area (Å²) in [5.74, 6) is 0.859. The number of oxime groups is 1. The molecule has 1 amide bonds. The van der Waals surface area contributed by atoms with Crippen LogP contribution in [0.3, 0.4) is 0 Å². The van der Waals surface area contributed by atoms with Crippen molar-refractivity contribution in [2.24, 2.45) is 39.7 Å². The SMILES string of the molecule is CN(CCCS[C@@H]1CC[C@@]2(C)C(C1)/C(=N/O)C[C@@H]1[C@@H]2CC[C@]2(C)C(=O)CC[C@@H]12)C(=O)C(F)(F)F. The highest BCUT2D eigenvalue weighted by Crippen LogP contribution is 2.65. The zero-order valence-corrected chi connectivity index (χ0v) is 21.2. The zero-order chi connectivity index (χ0) is 24.9. The lowest BCUT2D eigenvalue weighted by molar-refractivity contribution is -0.184. The quantitative estimate of drug-likeness (QED) is 0.304. The molecule has 0 aliphatic heterocycles. The van der Waals surface area contributed by atoms with E-state index in [2.05, 4.69) is 19.0 Å². The van der Waals surface area contributed by atoms with Crippen LogP contribution in [0.5, 0.6) is 0 Å². The summed E-state index contributed by atoms with van der Waals surface area (Å²) in [5, 5.41) is 14.1. The Labute approximate surface area is 204 Å². The number of rotatable bonds is 5. The third-order valence-electron chi connectivity index (χ3n) is 9.85. The zero-order valence-electron chi connectivity index (χ0n) is 20.4. The molecule has 34 heavy (non-hydrogen) atoms. The molecular weight excluding hydrogens is 465 g/mol. The number of carbonyl (C=O) groups is 2. The average Bonchev–Trinajstić information content (AvgIpc) is 3.09. The summed E-state index contributed by atoms with van der Waals surface area (Å²) in [5.41, 5.74) is 0.736. The van der Waals surface area contributed by atoms with Gasteiger partial charge in [0.05, 0.1) is 5.71 Å². The Morgan fingerprint density at radius 1 is 1.21 bits per heavy atom. The van der Waals surface area contributed by atoms with Gasteiger partial charge in [-0.2, -0.15) is 24.9 Å². The van der Waals surface area contributed by atoms with Crippen molar-refractivity contribution in [1.29, 1.82) is 0 Å². The van der Waals surface area contributed by atoms with Crippen molar-refractivity contribution >= 4 is 29.2 Å². The second kappa shape index (κ2) is 9.32. The highest BCUT2D eigenvalue weighted by atomic mass is 32.2. The summed E-state index contributed by atoms with van der Waals surface area (Å²) in [6, 6.07) is 0. The minimum atomic E-state index is -4.82. The van der Waals surface area contributed by atoms with Crippen molar-refractivity contribution in [2.75, 3.05) is 19.3 Å². The maximum atomic E-state index is 12.7. The number of Topliss-reactive ketones (excluding diaryl/α,β-unsaturated/α-hetero) is 1. The van der Waals surface area contributed by atoms with Crippen molar-refractivity contribution in [3.05, 3.63) is 0 Å². The summed E-state index contributed by atoms with van der Waals surface area (Å²) in [6.07, 6.45) is 3.13. The molecule has 4 fully saturated rings. The van der Waals surface area contributed by atoms with Crippen LogP contribution in [0.1, 0.15) is 71.6 Å². The van der Waals surface area contributed by atoms with Gasteiger partial charge in [-0.25, -0.2) is 0 Å². The van der Waals surface area contributed by atoms with Crippen molar-refractivity contribution in [3.63, 3.8) is 0 Å². The van der Waals surface area contributed by atoms with Crippen molar-refractivity contribution in [1.82, 2.24) is 4.90 Å². The van der Waals surface area contributed by atoms with Gasteiger partial charge in [0.25, 0.3) is 0 Å². The van der Waals surface area contributed by atoms with E-state index in [-0.39, 0.29) is 23.3 Å². The van der Waals surface area contributed by atoms with E-state index < -0.39 is 12.1 Å². The van der Waals surface area contributed by atoms with Crippen LogP contribution in [0.15, 0.2) is 5.16 Å². The molecule has 0 spiro atoms. The van der Waals surface area contributed by atoms with Gasteiger partial charge in [0.1, 0.15) is 5.78 Å². The van der Waals surface area contributed by atoms with Gasteiger partial charge >= 0.3 is 12.1 Å². The van der Waals surface area contributed by atoms with Crippen LogP contribution in [0.2, 0.25) is 0 Å². The van der Waals surface area contributed by atoms with E-state index in [0.29, 0.717) is 47.4 Å². The third-order valence-corrected chi connectivity index (χ3v) is 11.3. The summed E-state index contributed by atoms with van der Waals surface area (Å²) in [6.45, 7) is 4.60. The van der Waals surface area contributed by atoms with Crippen LogP contribution in [0.25, 0.3) is 0 Å².